The highest BCUT2D eigenvalue weighted by molar-refractivity contribution is 5.91. The van der Waals surface area contributed by atoms with Crippen molar-refractivity contribution in [3.8, 4) is 11.5 Å². The summed E-state index contributed by atoms with van der Waals surface area (Å²) in [4.78, 5) is 11.4. The number of carbonyl (C=O) groups excluding carboxylic acids is 1. The highest BCUT2D eigenvalue weighted by Gasteiger charge is 2.12. The summed E-state index contributed by atoms with van der Waals surface area (Å²) in [6.45, 7) is 1.25. The largest absolute Gasteiger partial charge is 0.454 e. The number of fused-ring (bicyclic) bond motifs is 1. The highest BCUT2D eigenvalue weighted by Crippen LogP contribution is 2.32. The van der Waals surface area contributed by atoms with Crippen LogP contribution in [0.5, 0.6) is 11.5 Å². The molecule has 0 fully saturated rings. The van der Waals surface area contributed by atoms with E-state index in [1.807, 2.05) is 18.2 Å². The fourth-order valence-corrected chi connectivity index (χ4v) is 1.52. The van der Waals surface area contributed by atoms with Crippen LogP contribution in [0.15, 0.2) is 24.3 Å². The van der Waals surface area contributed by atoms with Crippen LogP contribution in [0, 0.1) is 0 Å². The molecule has 1 aromatic carbocycles. The molecule has 5 nitrogen and oxygen atoms in total. The molecule has 1 heterocycles. The lowest BCUT2D eigenvalue weighted by molar-refractivity contribution is -0.116. The summed E-state index contributed by atoms with van der Waals surface area (Å²) < 4.78 is 15.3. The summed E-state index contributed by atoms with van der Waals surface area (Å²) in [5, 5.41) is 2.70. The Balaban J connectivity index is 1.90. The van der Waals surface area contributed by atoms with Gasteiger partial charge in [0.2, 0.25) is 12.7 Å². The van der Waals surface area contributed by atoms with Gasteiger partial charge in [-0.15, -0.1) is 0 Å². The SMILES string of the molecule is COCCNC(=O)C=Cc1ccc2c(c1)OCO2. The van der Waals surface area contributed by atoms with Gasteiger partial charge >= 0.3 is 0 Å². The van der Waals surface area contributed by atoms with Crippen molar-refractivity contribution in [2.75, 3.05) is 27.1 Å². The molecule has 1 aliphatic heterocycles. The summed E-state index contributed by atoms with van der Waals surface area (Å²) >= 11 is 0. The van der Waals surface area contributed by atoms with E-state index in [1.54, 1.807) is 13.2 Å². The smallest absolute Gasteiger partial charge is 0.244 e. The van der Waals surface area contributed by atoms with E-state index in [2.05, 4.69) is 5.32 Å². The highest BCUT2D eigenvalue weighted by atomic mass is 16.7. The third kappa shape index (κ3) is 3.24. The molecule has 18 heavy (non-hydrogen) atoms. The van der Waals surface area contributed by atoms with Gasteiger partial charge in [0.05, 0.1) is 6.61 Å². The first-order valence-electron chi connectivity index (χ1n) is 5.64. The lowest BCUT2D eigenvalue weighted by Crippen LogP contribution is -2.24. The van der Waals surface area contributed by atoms with Crippen LogP contribution in [-0.2, 0) is 9.53 Å². The zero-order valence-corrected chi connectivity index (χ0v) is 10.1. The first-order valence-corrected chi connectivity index (χ1v) is 5.64. The molecule has 0 atom stereocenters. The Labute approximate surface area is 105 Å². The average molecular weight is 249 g/mol. The molecule has 5 heteroatoms. The fraction of sp³-hybridized carbons (Fsp3) is 0.308. The van der Waals surface area contributed by atoms with Crippen LogP contribution in [0.3, 0.4) is 0 Å². The first-order chi connectivity index (χ1) is 8.79. The van der Waals surface area contributed by atoms with Crippen molar-refractivity contribution < 1.29 is 19.0 Å². The van der Waals surface area contributed by atoms with Crippen molar-refractivity contribution in [3.63, 3.8) is 0 Å². The molecule has 2 rings (SSSR count). The number of nitrogens with one attached hydrogen (secondary N) is 1. The van der Waals surface area contributed by atoms with Gasteiger partial charge < -0.3 is 19.5 Å². The topological polar surface area (TPSA) is 56.8 Å². The van der Waals surface area contributed by atoms with Gasteiger partial charge in [0.15, 0.2) is 11.5 Å². The number of hydrogen-bond donors (Lipinski definition) is 1. The van der Waals surface area contributed by atoms with Crippen molar-refractivity contribution >= 4 is 12.0 Å². The quantitative estimate of drug-likeness (QED) is 0.629. The molecular weight excluding hydrogens is 234 g/mol. The predicted octanol–water partition coefficient (Wildman–Crippen LogP) is 1.19. The second kappa shape index (κ2) is 6.07. The third-order valence-electron chi connectivity index (χ3n) is 2.43. The van der Waals surface area contributed by atoms with Crippen LogP contribution >= 0.6 is 0 Å². The summed E-state index contributed by atoms with van der Waals surface area (Å²) in [6.07, 6.45) is 3.21. The van der Waals surface area contributed by atoms with E-state index in [4.69, 9.17) is 14.2 Å². The summed E-state index contributed by atoms with van der Waals surface area (Å²) in [5.41, 5.74) is 0.890. The maximum atomic E-state index is 11.4. The second-order valence-electron chi connectivity index (χ2n) is 3.73. The molecule has 0 unspecified atom stereocenters. The number of hydrogen-bond acceptors (Lipinski definition) is 4. The minimum Gasteiger partial charge on any atom is -0.454 e. The molecule has 0 radical (unpaired) electrons. The molecule has 0 spiro atoms. The van der Waals surface area contributed by atoms with Crippen LogP contribution in [0.1, 0.15) is 5.56 Å². The van der Waals surface area contributed by atoms with Crippen LogP contribution in [-0.4, -0.2) is 33.0 Å². The van der Waals surface area contributed by atoms with E-state index >= 15 is 0 Å². The van der Waals surface area contributed by atoms with Gasteiger partial charge in [-0.3, -0.25) is 4.79 Å². The van der Waals surface area contributed by atoms with Gasteiger partial charge in [0.25, 0.3) is 0 Å². The van der Waals surface area contributed by atoms with Gasteiger partial charge in [-0.2, -0.15) is 0 Å². The predicted molar refractivity (Wildman–Crippen MR) is 66.5 cm³/mol. The molecule has 0 saturated heterocycles. The van der Waals surface area contributed by atoms with Gasteiger partial charge in [0, 0.05) is 19.7 Å². The normalized spacial score (nSPS) is 12.9. The minimum absolute atomic E-state index is 0.148. The number of methoxy groups -OCH3 is 1. The van der Waals surface area contributed by atoms with Crippen LogP contribution in [0.4, 0.5) is 0 Å². The number of amides is 1. The molecule has 0 bridgehead atoms. The van der Waals surface area contributed by atoms with Crippen molar-refractivity contribution in [2.45, 2.75) is 0 Å². The van der Waals surface area contributed by atoms with Crippen molar-refractivity contribution in [1.82, 2.24) is 5.32 Å². The van der Waals surface area contributed by atoms with E-state index in [9.17, 15) is 4.79 Å². The maximum Gasteiger partial charge on any atom is 0.244 e. The van der Waals surface area contributed by atoms with Crippen molar-refractivity contribution in [2.24, 2.45) is 0 Å². The average Bonchev–Trinajstić information content (AvgIpc) is 2.84. The Morgan fingerprint density at radius 2 is 2.28 bits per heavy atom. The Morgan fingerprint density at radius 3 is 3.11 bits per heavy atom. The molecule has 1 amide bonds. The summed E-state index contributed by atoms with van der Waals surface area (Å²) in [6, 6.07) is 5.53. The molecule has 0 aliphatic carbocycles. The second-order valence-corrected chi connectivity index (χ2v) is 3.73. The Bertz CT molecular complexity index is 456. The van der Waals surface area contributed by atoms with Gasteiger partial charge in [-0.1, -0.05) is 6.07 Å². The Kier molecular flexibility index (Phi) is 4.20. The standard InChI is InChI=1S/C13H15NO4/c1-16-7-6-14-13(15)5-3-10-2-4-11-12(8-10)18-9-17-11/h2-5,8H,6-7,9H2,1H3,(H,14,15). The molecule has 1 aromatic rings. The minimum atomic E-state index is -0.148. The summed E-state index contributed by atoms with van der Waals surface area (Å²) in [7, 11) is 1.59. The lowest BCUT2D eigenvalue weighted by Gasteiger charge is -2.00. The number of benzene rings is 1. The van der Waals surface area contributed by atoms with Crippen LogP contribution in [0.25, 0.3) is 6.08 Å². The molecule has 1 aliphatic rings. The van der Waals surface area contributed by atoms with Gasteiger partial charge in [0.1, 0.15) is 0 Å². The van der Waals surface area contributed by atoms with Gasteiger partial charge in [-0.25, -0.2) is 0 Å². The maximum absolute atomic E-state index is 11.4. The van der Waals surface area contributed by atoms with E-state index in [-0.39, 0.29) is 12.7 Å². The number of carbonyl (C=O) groups is 1. The van der Waals surface area contributed by atoms with E-state index < -0.39 is 0 Å². The number of rotatable bonds is 5. The zero-order chi connectivity index (χ0) is 12.8. The summed E-state index contributed by atoms with van der Waals surface area (Å²) in [5.74, 6) is 1.29. The first kappa shape index (κ1) is 12.4. The Hall–Kier alpha value is -2.01. The molecule has 0 saturated carbocycles. The third-order valence-corrected chi connectivity index (χ3v) is 2.43. The monoisotopic (exact) mass is 249 g/mol. The molecular formula is C13H15NO4. The number of ether oxygens (including phenoxy) is 3. The fourth-order valence-electron chi connectivity index (χ4n) is 1.52. The van der Waals surface area contributed by atoms with Crippen molar-refractivity contribution in [1.29, 1.82) is 0 Å². The van der Waals surface area contributed by atoms with E-state index in [0.29, 0.717) is 18.9 Å². The van der Waals surface area contributed by atoms with Crippen molar-refractivity contribution in [3.05, 3.63) is 29.8 Å². The van der Waals surface area contributed by atoms with Crippen LogP contribution in [0.2, 0.25) is 0 Å². The van der Waals surface area contributed by atoms with E-state index in [0.717, 1.165) is 11.3 Å². The van der Waals surface area contributed by atoms with Crippen LogP contribution < -0.4 is 14.8 Å². The van der Waals surface area contributed by atoms with E-state index in [1.165, 1.54) is 6.08 Å². The van der Waals surface area contributed by atoms with Gasteiger partial charge in [-0.05, 0) is 23.8 Å². The zero-order valence-electron chi connectivity index (χ0n) is 10.1. The molecule has 96 valence electrons. The lowest BCUT2D eigenvalue weighted by atomic mass is 10.2. The molecule has 0 aromatic heterocycles. The molecule has 1 N–H and O–H groups in total. The Morgan fingerprint density at radius 1 is 1.44 bits per heavy atom.